The lowest BCUT2D eigenvalue weighted by atomic mass is 9.97. The minimum atomic E-state index is -0.281. The van der Waals surface area contributed by atoms with Gasteiger partial charge in [-0.3, -0.25) is 14.6 Å². The fourth-order valence-electron chi connectivity index (χ4n) is 3.12. The molecule has 1 saturated heterocycles. The van der Waals surface area contributed by atoms with Gasteiger partial charge in [0, 0.05) is 38.1 Å². The van der Waals surface area contributed by atoms with E-state index in [4.69, 9.17) is 16.1 Å². The predicted molar refractivity (Wildman–Crippen MR) is 101 cm³/mol. The molecule has 0 aromatic carbocycles. The molecule has 0 bridgehead atoms. The van der Waals surface area contributed by atoms with Gasteiger partial charge in [0.05, 0.1) is 16.3 Å². The van der Waals surface area contributed by atoms with E-state index in [0.717, 1.165) is 18.5 Å². The van der Waals surface area contributed by atoms with E-state index in [1.165, 1.54) is 12.4 Å². The number of hydrogen-bond donors (Lipinski definition) is 1. The monoisotopic (exact) mass is 390 g/mol. The van der Waals surface area contributed by atoms with Gasteiger partial charge in [0.15, 0.2) is 0 Å². The summed E-state index contributed by atoms with van der Waals surface area (Å²) < 4.78 is 5.11. The largest absolute Gasteiger partial charge is 0.351 e. The molecule has 3 rings (SSSR count). The molecule has 1 aliphatic heterocycles. The molecule has 1 unspecified atom stereocenters. The maximum Gasteiger partial charge on any atom is 0.289 e. The van der Waals surface area contributed by atoms with Gasteiger partial charge in [-0.05, 0) is 30.7 Å². The lowest BCUT2D eigenvalue weighted by molar-refractivity contribution is 0.0669. The topological polar surface area (TPSA) is 88.3 Å². The van der Waals surface area contributed by atoms with Crippen molar-refractivity contribution in [3.05, 3.63) is 46.6 Å². The van der Waals surface area contributed by atoms with Crippen molar-refractivity contribution in [2.75, 3.05) is 19.6 Å². The number of nitrogens with one attached hydrogen (secondary N) is 1. The molecule has 1 N–H and O–H groups in total. The van der Waals surface area contributed by atoms with Crippen molar-refractivity contribution in [2.45, 2.75) is 32.6 Å². The molecule has 27 heavy (non-hydrogen) atoms. The van der Waals surface area contributed by atoms with Crippen LogP contribution in [0.15, 0.2) is 29.0 Å². The Kier molecular flexibility index (Phi) is 6.11. The second-order valence-corrected chi connectivity index (χ2v) is 7.57. The molecule has 1 fully saturated rings. The van der Waals surface area contributed by atoms with Crippen molar-refractivity contribution < 1.29 is 14.1 Å². The molecule has 0 saturated carbocycles. The van der Waals surface area contributed by atoms with E-state index in [-0.39, 0.29) is 29.4 Å². The Morgan fingerprint density at radius 3 is 2.89 bits per heavy atom. The van der Waals surface area contributed by atoms with E-state index in [1.54, 1.807) is 17.0 Å². The van der Waals surface area contributed by atoms with Crippen LogP contribution in [0.5, 0.6) is 0 Å². The summed E-state index contributed by atoms with van der Waals surface area (Å²) in [5, 5.41) is 7.23. The first-order valence-corrected chi connectivity index (χ1v) is 9.46. The number of hydrogen-bond acceptors (Lipinski definition) is 5. The first-order chi connectivity index (χ1) is 12.9. The number of pyridine rings is 1. The highest BCUT2D eigenvalue weighted by molar-refractivity contribution is 6.30. The average molecular weight is 391 g/mol. The normalized spacial score (nSPS) is 17.2. The van der Waals surface area contributed by atoms with Gasteiger partial charge in [0.2, 0.25) is 5.76 Å². The van der Waals surface area contributed by atoms with Crippen LogP contribution in [-0.4, -0.2) is 46.5 Å². The molecule has 8 heteroatoms. The number of nitrogens with zero attached hydrogens (tertiary/aromatic N) is 3. The number of rotatable bonds is 5. The van der Waals surface area contributed by atoms with Crippen LogP contribution in [0.1, 0.15) is 59.2 Å². The molecule has 144 valence electrons. The van der Waals surface area contributed by atoms with Gasteiger partial charge in [0.1, 0.15) is 0 Å². The molecule has 1 atom stereocenters. The second kappa shape index (κ2) is 8.52. The van der Waals surface area contributed by atoms with Crippen molar-refractivity contribution >= 4 is 23.4 Å². The third-order valence-corrected chi connectivity index (χ3v) is 4.86. The molecular formula is C19H23ClN4O3. The van der Waals surface area contributed by atoms with Crippen LogP contribution in [0.3, 0.4) is 0 Å². The second-order valence-electron chi connectivity index (χ2n) is 7.13. The Morgan fingerprint density at radius 1 is 1.37 bits per heavy atom. The molecule has 3 heterocycles. The van der Waals surface area contributed by atoms with Crippen molar-refractivity contribution in [3.63, 3.8) is 0 Å². The zero-order valence-corrected chi connectivity index (χ0v) is 16.2. The summed E-state index contributed by atoms with van der Waals surface area (Å²) in [5.74, 6) is 0.239. The van der Waals surface area contributed by atoms with E-state index in [0.29, 0.717) is 30.2 Å². The zero-order chi connectivity index (χ0) is 19.4. The molecule has 0 spiro atoms. The molecule has 2 aromatic rings. The smallest absolute Gasteiger partial charge is 0.289 e. The summed E-state index contributed by atoms with van der Waals surface area (Å²) in [6, 6.07) is 3.29. The minimum Gasteiger partial charge on any atom is -0.351 e. The number of aromatic nitrogens is 2. The Morgan fingerprint density at radius 2 is 2.19 bits per heavy atom. The molecule has 1 aliphatic rings. The van der Waals surface area contributed by atoms with Crippen LogP contribution in [0, 0.1) is 5.92 Å². The third kappa shape index (κ3) is 4.86. The highest BCUT2D eigenvalue weighted by Gasteiger charge is 2.25. The summed E-state index contributed by atoms with van der Waals surface area (Å²) in [4.78, 5) is 30.7. The highest BCUT2D eigenvalue weighted by Crippen LogP contribution is 2.20. The lowest BCUT2D eigenvalue weighted by Crippen LogP contribution is -2.43. The van der Waals surface area contributed by atoms with E-state index in [9.17, 15) is 9.59 Å². The Bertz CT molecular complexity index is 821. The number of carbonyl (C=O) groups is 2. The number of carbonyl (C=O) groups excluding carboxylic acids is 2. The maximum absolute atomic E-state index is 12.6. The van der Waals surface area contributed by atoms with Crippen LogP contribution >= 0.6 is 11.6 Å². The van der Waals surface area contributed by atoms with Gasteiger partial charge < -0.3 is 14.7 Å². The standard InChI is InChI=1S/C19H23ClN4O3/c1-12(2)16-7-17(27-23-16)18(25)22-8-13-4-3-5-24(11-13)19(26)14-6-15(20)10-21-9-14/h6-7,9-10,12-13H,3-5,8,11H2,1-2H3,(H,22,25). The summed E-state index contributed by atoms with van der Waals surface area (Å²) in [7, 11) is 0. The van der Waals surface area contributed by atoms with Crippen molar-refractivity contribution in [2.24, 2.45) is 5.92 Å². The molecule has 2 aromatic heterocycles. The van der Waals surface area contributed by atoms with Gasteiger partial charge in [-0.25, -0.2) is 0 Å². The summed E-state index contributed by atoms with van der Waals surface area (Å²) in [5.41, 5.74) is 1.24. The van der Waals surface area contributed by atoms with Crippen molar-refractivity contribution in [3.8, 4) is 0 Å². The van der Waals surface area contributed by atoms with Crippen LogP contribution in [-0.2, 0) is 0 Å². The van der Waals surface area contributed by atoms with E-state index >= 15 is 0 Å². The van der Waals surface area contributed by atoms with Gasteiger partial charge in [-0.15, -0.1) is 0 Å². The first kappa shape index (κ1) is 19.4. The number of halogens is 1. The molecule has 0 aliphatic carbocycles. The van der Waals surface area contributed by atoms with Crippen molar-refractivity contribution in [1.29, 1.82) is 0 Å². The summed E-state index contributed by atoms with van der Waals surface area (Å²) in [6.45, 7) is 5.73. The fourth-order valence-corrected chi connectivity index (χ4v) is 3.29. The first-order valence-electron chi connectivity index (χ1n) is 9.08. The third-order valence-electron chi connectivity index (χ3n) is 4.65. The number of piperidine rings is 1. The molecule has 2 amide bonds. The van der Waals surface area contributed by atoms with Crippen LogP contribution in [0.2, 0.25) is 5.02 Å². The molecule has 0 radical (unpaired) electrons. The molecular weight excluding hydrogens is 368 g/mol. The number of likely N-dealkylation sites (tertiary alicyclic amines) is 1. The highest BCUT2D eigenvalue weighted by atomic mass is 35.5. The minimum absolute atomic E-state index is 0.0853. The van der Waals surface area contributed by atoms with Crippen LogP contribution in [0.4, 0.5) is 0 Å². The maximum atomic E-state index is 12.6. The van der Waals surface area contributed by atoms with E-state index in [2.05, 4.69) is 15.5 Å². The Labute approximate surface area is 163 Å². The zero-order valence-electron chi connectivity index (χ0n) is 15.4. The van der Waals surface area contributed by atoms with Gasteiger partial charge in [-0.2, -0.15) is 0 Å². The van der Waals surface area contributed by atoms with Gasteiger partial charge in [-0.1, -0.05) is 30.6 Å². The quantitative estimate of drug-likeness (QED) is 0.847. The Balaban J connectivity index is 1.55. The van der Waals surface area contributed by atoms with E-state index in [1.807, 2.05) is 13.8 Å². The average Bonchev–Trinajstić information content (AvgIpc) is 3.16. The summed E-state index contributed by atoms with van der Waals surface area (Å²) in [6.07, 6.45) is 4.86. The Hall–Kier alpha value is -2.41. The fraction of sp³-hybridized carbons (Fsp3) is 0.474. The van der Waals surface area contributed by atoms with Crippen LogP contribution in [0.25, 0.3) is 0 Å². The SMILES string of the molecule is CC(C)c1cc(C(=O)NCC2CCCN(C(=O)c3cncc(Cl)c3)C2)on1. The lowest BCUT2D eigenvalue weighted by Gasteiger charge is -2.32. The van der Waals surface area contributed by atoms with Crippen molar-refractivity contribution in [1.82, 2.24) is 20.4 Å². The van der Waals surface area contributed by atoms with Gasteiger partial charge in [0.25, 0.3) is 11.8 Å². The molecule has 7 nitrogen and oxygen atoms in total. The summed E-state index contributed by atoms with van der Waals surface area (Å²) >= 11 is 5.93. The predicted octanol–water partition coefficient (Wildman–Crippen LogP) is 3.13. The number of amides is 2. The van der Waals surface area contributed by atoms with Gasteiger partial charge >= 0.3 is 0 Å². The van der Waals surface area contributed by atoms with Crippen LogP contribution < -0.4 is 5.32 Å². The van der Waals surface area contributed by atoms with E-state index < -0.39 is 0 Å².